The molecular weight excluding hydrogens is 328 g/mol. The summed E-state index contributed by atoms with van der Waals surface area (Å²) in [7, 11) is -3.71. The van der Waals surface area contributed by atoms with Crippen molar-refractivity contribution in [3.63, 3.8) is 0 Å². The van der Waals surface area contributed by atoms with E-state index in [2.05, 4.69) is 5.32 Å². The number of carbonyl (C=O) groups excluding carboxylic acids is 1. The Bertz CT molecular complexity index is 774. The van der Waals surface area contributed by atoms with Crippen molar-refractivity contribution in [3.8, 4) is 5.75 Å². The van der Waals surface area contributed by atoms with Crippen molar-refractivity contribution in [1.82, 2.24) is 5.32 Å². The molecule has 2 aromatic carbocycles. The Morgan fingerprint density at radius 3 is 2.33 bits per heavy atom. The minimum Gasteiger partial charge on any atom is -0.493 e. The highest BCUT2D eigenvalue weighted by Gasteiger charge is 2.12. The second-order valence-corrected chi connectivity index (χ2v) is 6.88. The summed E-state index contributed by atoms with van der Waals surface area (Å²) < 4.78 is 27.9. The third kappa shape index (κ3) is 5.36. The van der Waals surface area contributed by atoms with Gasteiger partial charge < -0.3 is 10.1 Å². The van der Waals surface area contributed by atoms with Gasteiger partial charge in [-0.2, -0.15) is 0 Å². The number of sulfonamides is 1. The second kappa shape index (κ2) is 7.94. The SMILES string of the molecule is C[C@@H](NC(=O)CCOc1ccccc1)c1ccc(S(N)(=O)=O)cc1. The third-order valence-electron chi connectivity index (χ3n) is 3.43. The maximum Gasteiger partial charge on any atom is 0.238 e. The molecule has 0 aliphatic rings. The van der Waals surface area contributed by atoms with Gasteiger partial charge in [0, 0.05) is 0 Å². The number of nitrogens with two attached hydrogens (primary N) is 1. The van der Waals surface area contributed by atoms with E-state index < -0.39 is 10.0 Å². The first-order valence-corrected chi connectivity index (χ1v) is 9.01. The Morgan fingerprint density at radius 1 is 1.12 bits per heavy atom. The van der Waals surface area contributed by atoms with Crippen LogP contribution in [0.4, 0.5) is 0 Å². The van der Waals surface area contributed by atoms with Crippen molar-refractivity contribution >= 4 is 15.9 Å². The predicted molar refractivity (Wildman–Crippen MR) is 90.9 cm³/mol. The smallest absolute Gasteiger partial charge is 0.238 e. The Balaban J connectivity index is 1.83. The molecule has 0 radical (unpaired) electrons. The molecule has 0 spiro atoms. The maximum absolute atomic E-state index is 11.9. The number of rotatable bonds is 7. The van der Waals surface area contributed by atoms with Gasteiger partial charge in [0.1, 0.15) is 5.75 Å². The van der Waals surface area contributed by atoms with E-state index in [0.717, 1.165) is 11.3 Å². The number of ether oxygens (including phenoxy) is 1. The second-order valence-electron chi connectivity index (χ2n) is 5.31. The van der Waals surface area contributed by atoms with Gasteiger partial charge in [-0.25, -0.2) is 13.6 Å². The van der Waals surface area contributed by atoms with Crippen molar-refractivity contribution in [3.05, 3.63) is 60.2 Å². The highest BCUT2D eigenvalue weighted by Crippen LogP contribution is 2.15. The van der Waals surface area contributed by atoms with Crippen LogP contribution in [0.15, 0.2) is 59.5 Å². The lowest BCUT2D eigenvalue weighted by molar-refractivity contribution is -0.122. The number of hydrogen-bond donors (Lipinski definition) is 2. The zero-order valence-electron chi connectivity index (χ0n) is 13.3. The van der Waals surface area contributed by atoms with Crippen molar-refractivity contribution in [2.45, 2.75) is 24.3 Å². The van der Waals surface area contributed by atoms with Crippen molar-refractivity contribution < 1.29 is 17.9 Å². The van der Waals surface area contributed by atoms with Gasteiger partial charge >= 0.3 is 0 Å². The van der Waals surface area contributed by atoms with E-state index in [-0.39, 0.29) is 29.9 Å². The van der Waals surface area contributed by atoms with Gasteiger partial charge in [0.05, 0.1) is 24.0 Å². The summed E-state index contributed by atoms with van der Waals surface area (Å²) in [5.74, 6) is 0.575. The number of nitrogens with one attached hydrogen (secondary N) is 1. The summed E-state index contributed by atoms with van der Waals surface area (Å²) in [5.41, 5.74) is 0.791. The summed E-state index contributed by atoms with van der Waals surface area (Å²) >= 11 is 0. The molecule has 0 fully saturated rings. The monoisotopic (exact) mass is 348 g/mol. The summed E-state index contributed by atoms with van der Waals surface area (Å²) in [4.78, 5) is 12.0. The number of benzene rings is 2. The fourth-order valence-corrected chi connectivity index (χ4v) is 2.64. The quantitative estimate of drug-likeness (QED) is 0.799. The molecular formula is C17H20N2O4S. The fraction of sp³-hybridized carbons (Fsp3) is 0.235. The molecule has 0 aliphatic carbocycles. The van der Waals surface area contributed by atoms with Crippen molar-refractivity contribution in [1.29, 1.82) is 0 Å². The number of amides is 1. The largest absolute Gasteiger partial charge is 0.493 e. The van der Waals surface area contributed by atoms with Gasteiger partial charge in [-0.1, -0.05) is 30.3 Å². The van der Waals surface area contributed by atoms with Crippen LogP contribution in [0.5, 0.6) is 5.75 Å². The number of hydrogen-bond acceptors (Lipinski definition) is 4. The number of carbonyl (C=O) groups is 1. The lowest BCUT2D eigenvalue weighted by atomic mass is 10.1. The third-order valence-corrected chi connectivity index (χ3v) is 4.36. The van der Waals surface area contributed by atoms with Crippen molar-refractivity contribution in [2.75, 3.05) is 6.61 Å². The first-order valence-electron chi connectivity index (χ1n) is 7.46. The van der Waals surface area contributed by atoms with Crippen LogP contribution in [0, 0.1) is 0 Å². The highest BCUT2D eigenvalue weighted by atomic mass is 32.2. The lowest BCUT2D eigenvalue weighted by Crippen LogP contribution is -2.27. The van der Waals surface area contributed by atoms with Crippen LogP contribution in [-0.4, -0.2) is 20.9 Å². The van der Waals surface area contributed by atoms with Crippen LogP contribution in [0.3, 0.4) is 0 Å². The van der Waals surface area contributed by atoms with Gasteiger partial charge in [-0.3, -0.25) is 4.79 Å². The molecule has 6 nitrogen and oxygen atoms in total. The molecule has 0 heterocycles. The van der Waals surface area contributed by atoms with E-state index >= 15 is 0 Å². The molecule has 1 amide bonds. The summed E-state index contributed by atoms with van der Waals surface area (Å²) in [5, 5.41) is 7.90. The van der Waals surface area contributed by atoms with Crippen LogP contribution in [0.1, 0.15) is 24.9 Å². The molecule has 0 aromatic heterocycles. The molecule has 24 heavy (non-hydrogen) atoms. The van der Waals surface area contributed by atoms with Crippen LogP contribution in [-0.2, 0) is 14.8 Å². The van der Waals surface area contributed by atoms with E-state index in [4.69, 9.17) is 9.88 Å². The van der Waals surface area contributed by atoms with Gasteiger partial charge in [0.2, 0.25) is 15.9 Å². The number of para-hydroxylation sites is 1. The molecule has 7 heteroatoms. The maximum atomic E-state index is 11.9. The van der Waals surface area contributed by atoms with Gasteiger partial charge in [0.25, 0.3) is 0 Å². The van der Waals surface area contributed by atoms with E-state index in [0.29, 0.717) is 0 Å². The molecule has 2 rings (SSSR count). The first kappa shape index (κ1) is 18.0. The molecule has 0 unspecified atom stereocenters. The lowest BCUT2D eigenvalue weighted by Gasteiger charge is -2.15. The van der Waals surface area contributed by atoms with Gasteiger partial charge in [-0.15, -0.1) is 0 Å². The van der Waals surface area contributed by atoms with Crippen LogP contribution >= 0.6 is 0 Å². The van der Waals surface area contributed by atoms with Crippen LogP contribution < -0.4 is 15.2 Å². The zero-order chi connectivity index (χ0) is 17.6. The predicted octanol–water partition coefficient (Wildman–Crippen LogP) is 1.98. The normalized spacial score (nSPS) is 12.4. The van der Waals surface area contributed by atoms with Gasteiger partial charge in [-0.05, 0) is 36.8 Å². The summed E-state index contributed by atoms with van der Waals surface area (Å²) in [6.45, 7) is 2.11. The average molecular weight is 348 g/mol. The Labute approximate surface area is 141 Å². The minimum absolute atomic E-state index is 0.0426. The van der Waals surface area contributed by atoms with Crippen LogP contribution in [0.2, 0.25) is 0 Å². The topological polar surface area (TPSA) is 98.5 Å². The average Bonchev–Trinajstić information content (AvgIpc) is 2.55. The van der Waals surface area contributed by atoms with E-state index in [1.54, 1.807) is 12.1 Å². The number of primary sulfonamides is 1. The Kier molecular flexibility index (Phi) is 5.94. The molecule has 2 aromatic rings. The Morgan fingerprint density at radius 2 is 1.75 bits per heavy atom. The molecule has 0 saturated carbocycles. The van der Waals surface area contributed by atoms with Crippen molar-refractivity contribution in [2.24, 2.45) is 5.14 Å². The molecule has 128 valence electrons. The van der Waals surface area contributed by atoms with Gasteiger partial charge in [0.15, 0.2) is 0 Å². The zero-order valence-corrected chi connectivity index (χ0v) is 14.1. The Hall–Kier alpha value is -2.38. The van der Waals surface area contributed by atoms with E-state index in [9.17, 15) is 13.2 Å². The fourth-order valence-electron chi connectivity index (χ4n) is 2.12. The van der Waals surface area contributed by atoms with Crippen LogP contribution in [0.25, 0.3) is 0 Å². The molecule has 3 N–H and O–H groups in total. The molecule has 0 aliphatic heterocycles. The molecule has 0 saturated heterocycles. The summed E-state index contributed by atoms with van der Waals surface area (Å²) in [6, 6.07) is 15.1. The highest BCUT2D eigenvalue weighted by molar-refractivity contribution is 7.89. The minimum atomic E-state index is -3.71. The van der Waals surface area contributed by atoms with E-state index in [1.165, 1.54) is 12.1 Å². The first-order chi connectivity index (χ1) is 11.4. The molecule has 1 atom stereocenters. The standard InChI is InChI=1S/C17H20N2O4S/c1-13(14-7-9-16(10-8-14)24(18,21)22)19-17(20)11-12-23-15-5-3-2-4-6-15/h2-10,13H,11-12H2,1H3,(H,19,20)(H2,18,21,22)/t13-/m1/s1. The van der Waals surface area contributed by atoms with E-state index in [1.807, 2.05) is 37.3 Å². The summed E-state index contributed by atoms with van der Waals surface area (Å²) in [6.07, 6.45) is 0.231. The molecule has 0 bridgehead atoms.